The lowest BCUT2D eigenvalue weighted by Gasteiger charge is -2.26. The monoisotopic (exact) mass is 571 g/mol. The molecule has 0 atom stereocenters. The third-order valence-corrected chi connectivity index (χ3v) is 10.7. The third-order valence-electron chi connectivity index (χ3n) is 10.7. The van der Waals surface area contributed by atoms with Gasteiger partial charge in [-0.3, -0.25) is 9.59 Å². The number of allylic oxidation sites excluding steroid dienone is 3. The van der Waals surface area contributed by atoms with Crippen molar-refractivity contribution in [2.45, 2.75) is 83.1 Å². The molecule has 1 aliphatic rings. The maximum absolute atomic E-state index is 13.9. The number of aryl methyl sites for hydroxylation is 8. The van der Waals surface area contributed by atoms with Gasteiger partial charge in [0.15, 0.2) is 11.6 Å². The van der Waals surface area contributed by atoms with Crippen molar-refractivity contribution in [2.24, 2.45) is 0 Å². The second-order valence-corrected chi connectivity index (χ2v) is 13.0. The average Bonchev–Trinajstić information content (AvgIpc) is 3.20. The van der Waals surface area contributed by atoms with Crippen LogP contribution in [0.15, 0.2) is 17.7 Å². The fraction of sp³-hybridized carbons (Fsp3) is 0.350. The van der Waals surface area contributed by atoms with Gasteiger partial charge in [0.1, 0.15) is 0 Å². The summed E-state index contributed by atoms with van der Waals surface area (Å²) in [6.07, 6.45) is 5.71. The van der Waals surface area contributed by atoms with Crippen molar-refractivity contribution in [3.8, 4) is 0 Å². The summed E-state index contributed by atoms with van der Waals surface area (Å²) in [6, 6.07) is 0. The van der Waals surface area contributed by atoms with Gasteiger partial charge in [0.2, 0.25) is 0 Å². The first kappa shape index (κ1) is 30.5. The van der Waals surface area contributed by atoms with Gasteiger partial charge in [-0.2, -0.15) is 0 Å². The first-order valence-electron chi connectivity index (χ1n) is 15.3. The third kappa shape index (κ3) is 4.08. The number of nitrogens with zero attached hydrogens (tertiary/aromatic N) is 1. The highest BCUT2D eigenvalue weighted by Crippen LogP contribution is 2.43. The Morgan fingerprint density at radius 2 is 0.837 bits per heavy atom. The zero-order chi connectivity index (χ0) is 32.0. The first-order chi connectivity index (χ1) is 20.1. The Bertz CT molecular complexity index is 1950. The normalized spacial score (nSPS) is 13.3. The molecule has 0 N–H and O–H groups in total. The minimum absolute atomic E-state index is 0.163. The molecule has 0 radical (unpaired) electrons. The van der Waals surface area contributed by atoms with E-state index in [2.05, 4.69) is 94.3 Å². The lowest BCUT2D eigenvalue weighted by molar-refractivity contribution is 0.0988. The highest BCUT2D eigenvalue weighted by atomic mass is 16.2. The molecule has 4 aromatic carbocycles. The second kappa shape index (κ2) is 10.3. The van der Waals surface area contributed by atoms with E-state index in [0.717, 1.165) is 27.5 Å². The van der Waals surface area contributed by atoms with E-state index in [1.807, 2.05) is 19.9 Å². The van der Waals surface area contributed by atoms with Crippen molar-refractivity contribution in [3.63, 3.8) is 0 Å². The number of benzene rings is 4. The molecule has 222 valence electrons. The lowest BCUT2D eigenvalue weighted by Crippen LogP contribution is -2.14. The maximum Gasteiger partial charge on any atom is 0.198 e. The Morgan fingerprint density at radius 3 is 1.30 bits per heavy atom. The molecule has 43 heavy (non-hydrogen) atoms. The molecule has 3 heteroatoms. The number of rotatable bonds is 3. The van der Waals surface area contributed by atoms with Crippen molar-refractivity contribution in [2.75, 3.05) is 19.0 Å². The predicted octanol–water partition coefficient (Wildman–Crippen LogP) is 9.78. The van der Waals surface area contributed by atoms with Crippen LogP contribution in [-0.4, -0.2) is 25.7 Å². The molecule has 0 fully saturated rings. The van der Waals surface area contributed by atoms with E-state index in [1.54, 1.807) is 6.08 Å². The van der Waals surface area contributed by atoms with Gasteiger partial charge in [0, 0.05) is 30.9 Å². The zero-order valence-electron chi connectivity index (χ0n) is 28.5. The van der Waals surface area contributed by atoms with Crippen LogP contribution in [-0.2, 0) is 0 Å². The quantitative estimate of drug-likeness (QED) is 0.181. The Morgan fingerprint density at radius 1 is 0.442 bits per heavy atom. The number of Topliss-reactive ketones (excluding diaryl/α,β-unsaturated/α-hetero) is 2. The molecule has 4 aromatic rings. The van der Waals surface area contributed by atoms with Crippen LogP contribution in [0.25, 0.3) is 27.6 Å². The summed E-state index contributed by atoms with van der Waals surface area (Å²) in [5, 5.41) is 4.85. The topological polar surface area (TPSA) is 37.4 Å². The summed E-state index contributed by atoms with van der Waals surface area (Å²) in [5.74, 6) is -0.326. The van der Waals surface area contributed by atoms with Crippen LogP contribution in [0.5, 0.6) is 0 Å². The van der Waals surface area contributed by atoms with Crippen molar-refractivity contribution in [1.29, 1.82) is 0 Å². The zero-order valence-corrected chi connectivity index (χ0v) is 28.5. The van der Waals surface area contributed by atoms with E-state index in [9.17, 15) is 9.59 Å². The minimum Gasteiger partial charge on any atom is -0.377 e. The maximum atomic E-state index is 13.9. The lowest BCUT2D eigenvalue weighted by atomic mass is 9.83. The Kier molecular flexibility index (Phi) is 7.32. The summed E-state index contributed by atoms with van der Waals surface area (Å²) in [6.45, 7) is 25.8. The van der Waals surface area contributed by atoms with E-state index in [0.29, 0.717) is 11.1 Å². The molecule has 0 aliphatic heterocycles. The van der Waals surface area contributed by atoms with Gasteiger partial charge in [0.25, 0.3) is 0 Å². The number of carbonyl (C=O) groups is 2. The fourth-order valence-corrected chi connectivity index (χ4v) is 8.01. The predicted molar refractivity (Wildman–Crippen MR) is 185 cm³/mol. The van der Waals surface area contributed by atoms with E-state index in [4.69, 9.17) is 0 Å². The summed E-state index contributed by atoms with van der Waals surface area (Å²) < 4.78 is 0. The fourth-order valence-electron chi connectivity index (χ4n) is 8.01. The second-order valence-electron chi connectivity index (χ2n) is 13.0. The van der Waals surface area contributed by atoms with Crippen LogP contribution in [0.4, 0.5) is 5.69 Å². The molecule has 1 aliphatic carbocycles. The number of ketones is 2. The summed E-state index contributed by atoms with van der Waals surface area (Å²) in [4.78, 5) is 29.9. The van der Waals surface area contributed by atoms with Crippen LogP contribution in [0.1, 0.15) is 93.0 Å². The van der Waals surface area contributed by atoms with E-state index in [-0.39, 0.29) is 17.1 Å². The van der Waals surface area contributed by atoms with Gasteiger partial charge in [-0.25, -0.2) is 0 Å². The first-order valence-corrected chi connectivity index (χ1v) is 15.3. The molecule has 0 unspecified atom stereocenters. The number of hydrogen-bond acceptors (Lipinski definition) is 3. The molecule has 0 saturated carbocycles. The van der Waals surface area contributed by atoms with Gasteiger partial charge in [-0.05, 0) is 183 Å². The van der Waals surface area contributed by atoms with Gasteiger partial charge in [-0.1, -0.05) is 12.2 Å². The number of fused-ring (bicyclic) bond motifs is 3. The van der Waals surface area contributed by atoms with Gasteiger partial charge < -0.3 is 4.90 Å². The van der Waals surface area contributed by atoms with E-state index in [1.165, 1.54) is 72.1 Å². The minimum atomic E-state index is -0.163. The highest BCUT2D eigenvalue weighted by molar-refractivity contribution is 6.41. The SMILES string of the molecule is Cc1c(N(C)C)c(C)c2c(C)c(C)c(/C=C/C=C3C(=O)c4c(c(C)c5c(C)c(C)c(C)c(C)c5c4C)C3=O)c(C)c2c1C. The van der Waals surface area contributed by atoms with Crippen molar-refractivity contribution >= 4 is 44.9 Å². The average molecular weight is 572 g/mol. The Balaban J connectivity index is 1.68. The molecular formula is C40H45NO2. The van der Waals surface area contributed by atoms with E-state index >= 15 is 0 Å². The molecule has 0 saturated heterocycles. The number of hydrogen-bond donors (Lipinski definition) is 0. The number of anilines is 1. The van der Waals surface area contributed by atoms with Gasteiger partial charge >= 0.3 is 0 Å². The summed E-state index contributed by atoms with van der Waals surface area (Å²) in [5.41, 5.74) is 18.2. The summed E-state index contributed by atoms with van der Waals surface area (Å²) in [7, 11) is 4.22. The van der Waals surface area contributed by atoms with Crippen molar-refractivity contribution in [1.82, 2.24) is 0 Å². The molecule has 0 bridgehead atoms. The van der Waals surface area contributed by atoms with E-state index < -0.39 is 0 Å². The molecule has 3 nitrogen and oxygen atoms in total. The van der Waals surface area contributed by atoms with Crippen molar-refractivity contribution in [3.05, 3.63) is 101 Å². The number of carbonyl (C=O) groups excluding carboxylic acids is 2. The molecule has 0 amide bonds. The summed E-state index contributed by atoms with van der Waals surface area (Å²) >= 11 is 0. The Labute approximate surface area is 257 Å². The highest BCUT2D eigenvalue weighted by Gasteiger charge is 2.37. The van der Waals surface area contributed by atoms with Crippen LogP contribution >= 0.6 is 0 Å². The van der Waals surface area contributed by atoms with Crippen LogP contribution < -0.4 is 4.90 Å². The van der Waals surface area contributed by atoms with Crippen molar-refractivity contribution < 1.29 is 9.59 Å². The molecule has 0 spiro atoms. The molecular weight excluding hydrogens is 526 g/mol. The largest absolute Gasteiger partial charge is 0.377 e. The van der Waals surface area contributed by atoms with Gasteiger partial charge in [-0.15, -0.1) is 0 Å². The van der Waals surface area contributed by atoms with Crippen LogP contribution in [0.2, 0.25) is 0 Å². The molecule has 5 rings (SSSR count). The molecule has 0 heterocycles. The van der Waals surface area contributed by atoms with Gasteiger partial charge in [0.05, 0.1) is 5.57 Å². The smallest absolute Gasteiger partial charge is 0.198 e. The standard InChI is InChI=1S/C40H45NO2/c1-18-19(2)22(5)34-28(11)37-36(27(10)33(34)21(18)4)39(42)31(40(37)43)17-15-16-30-20(3)23(6)35-29(12)38(41(13)14)25(8)24(7)32(35)26(30)9/h15-17H,1-14H3/b16-15+. The van der Waals surface area contributed by atoms with Crippen LogP contribution in [0.3, 0.4) is 0 Å². The Hall–Kier alpha value is -3.98. The molecule has 0 aromatic heterocycles. The van der Waals surface area contributed by atoms with Crippen LogP contribution in [0, 0.1) is 83.1 Å².